The first kappa shape index (κ1) is 10.2. The molecule has 0 saturated carbocycles. The lowest BCUT2D eigenvalue weighted by molar-refractivity contribution is 0.258. The molecule has 2 nitrogen and oxygen atoms in total. The molecule has 1 aromatic rings. The summed E-state index contributed by atoms with van der Waals surface area (Å²) < 4.78 is 6.96. The Bertz CT molecular complexity index is 297. The number of halogens is 1. The summed E-state index contributed by atoms with van der Waals surface area (Å²) in [5.74, 6) is 1.70. The second-order valence-corrected chi connectivity index (χ2v) is 4.76. The molecule has 0 spiro atoms. The molecule has 1 N–H and O–H groups in total. The Labute approximate surface area is 98.2 Å². The van der Waals surface area contributed by atoms with Crippen molar-refractivity contribution >= 4 is 22.6 Å². The van der Waals surface area contributed by atoms with Crippen LogP contribution in [0.5, 0.6) is 5.75 Å². The fourth-order valence-corrected chi connectivity index (χ4v) is 2.17. The molecule has 0 aliphatic carbocycles. The molecule has 1 aliphatic heterocycles. The van der Waals surface area contributed by atoms with Crippen molar-refractivity contribution in [1.29, 1.82) is 0 Å². The van der Waals surface area contributed by atoms with Gasteiger partial charge in [-0.15, -0.1) is 0 Å². The monoisotopic (exact) mass is 303 g/mol. The van der Waals surface area contributed by atoms with Crippen molar-refractivity contribution in [2.75, 3.05) is 19.7 Å². The standard InChI is InChI=1S/C11H14INO/c12-10-3-1-2-4-11(10)14-8-9-5-6-13-7-9/h1-4,9,13H,5-8H2. The zero-order chi connectivity index (χ0) is 9.80. The fraction of sp³-hybridized carbons (Fsp3) is 0.455. The lowest BCUT2D eigenvalue weighted by Gasteiger charge is -2.11. The molecule has 1 unspecified atom stereocenters. The SMILES string of the molecule is Ic1ccccc1OCC1CCNC1. The molecule has 3 heteroatoms. The van der Waals surface area contributed by atoms with Crippen molar-refractivity contribution < 1.29 is 4.74 Å². The topological polar surface area (TPSA) is 21.3 Å². The molecule has 1 heterocycles. The van der Waals surface area contributed by atoms with E-state index in [9.17, 15) is 0 Å². The highest BCUT2D eigenvalue weighted by molar-refractivity contribution is 14.1. The van der Waals surface area contributed by atoms with Crippen LogP contribution in [0.1, 0.15) is 6.42 Å². The predicted molar refractivity (Wildman–Crippen MR) is 65.6 cm³/mol. The van der Waals surface area contributed by atoms with E-state index in [1.54, 1.807) is 0 Å². The largest absolute Gasteiger partial charge is 0.492 e. The summed E-state index contributed by atoms with van der Waals surface area (Å²) in [6.07, 6.45) is 1.24. The smallest absolute Gasteiger partial charge is 0.132 e. The Kier molecular flexibility index (Phi) is 3.64. The van der Waals surface area contributed by atoms with Gasteiger partial charge >= 0.3 is 0 Å². The van der Waals surface area contributed by atoms with Gasteiger partial charge < -0.3 is 10.1 Å². The molecular weight excluding hydrogens is 289 g/mol. The van der Waals surface area contributed by atoms with Crippen LogP contribution in [0.15, 0.2) is 24.3 Å². The maximum absolute atomic E-state index is 5.77. The van der Waals surface area contributed by atoms with Crippen molar-refractivity contribution in [1.82, 2.24) is 5.32 Å². The lowest BCUT2D eigenvalue weighted by atomic mass is 10.1. The van der Waals surface area contributed by atoms with Gasteiger partial charge in [0.15, 0.2) is 0 Å². The van der Waals surface area contributed by atoms with Crippen LogP contribution in [0.25, 0.3) is 0 Å². The van der Waals surface area contributed by atoms with Gasteiger partial charge in [-0.1, -0.05) is 12.1 Å². The van der Waals surface area contributed by atoms with Crippen LogP contribution in [0, 0.1) is 9.49 Å². The first-order valence-corrected chi connectivity index (χ1v) is 6.02. The number of hydrogen-bond acceptors (Lipinski definition) is 2. The van der Waals surface area contributed by atoms with Gasteiger partial charge in [-0.2, -0.15) is 0 Å². The molecule has 1 atom stereocenters. The average Bonchev–Trinajstić information content (AvgIpc) is 2.69. The molecule has 1 aromatic carbocycles. The van der Waals surface area contributed by atoms with E-state index in [2.05, 4.69) is 34.0 Å². The zero-order valence-corrected chi connectivity index (χ0v) is 10.2. The Hall–Kier alpha value is -0.290. The molecule has 1 saturated heterocycles. The van der Waals surface area contributed by atoms with Crippen molar-refractivity contribution in [3.05, 3.63) is 27.8 Å². The average molecular weight is 303 g/mol. The van der Waals surface area contributed by atoms with Crippen molar-refractivity contribution in [3.63, 3.8) is 0 Å². The minimum absolute atomic E-state index is 0.686. The van der Waals surface area contributed by atoms with Crippen LogP contribution in [0.2, 0.25) is 0 Å². The number of nitrogens with one attached hydrogen (secondary N) is 1. The van der Waals surface area contributed by atoms with Crippen molar-refractivity contribution in [2.45, 2.75) is 6.42 Å². The maximum Gasteiger partial charge on any atom is 0.132 e. The first-order chi connectivity index (χ1) is 6.86. The Morgan fingerprint density at radius 2 is 2.29 bits per heavy atom. The van der Waals surface area contributed by atoms with Crippen LogP contribution in [-0.2, 0) is 0 Å². The molecule has 0 aromatic heterocycles. The third-order valence-corrected chi connectivity index (χ3v) is 3.36. The van der Waals surface area contributed by atoms with E-state index < -0.39 is 0 Å². The molecule has 0 bridgehead atoms. The molecule has 1 fully saturated rings. The zero-order valence-electron chi connectivity index (χ0n) is 8.00. The summed E-state index contributed by atoms with van der Waals surface area (Å²) in [5, 5.41) is 3.34. The highest BCUT2D eigenvalue weighted by atomic mass is 127. The highest BCUT2D eigenvalue weighted by Gasteiger charge is 2.15. The number of benzene rings is 1. The number of rotatable bonds is 3. The summed E-state index contributed by atoms with van der Waals surface area (Å²) in [5.41, 5.74) is 0. The van der Waals surface area contributed by atoms with E-state index >= 15 is 0 Å². The molecule has 0 radical (unpaired) electrons. The number of hydrogen-bond donors (Lipinski definition) is 1. The van der Waals surface area contributed by atoms with Crippen molar-refractivity contribution in [3.8, 4) is 5.75 Å². The van der Waals surface area contributed by atoms with E-state index in [0.717, 1.165) is 25.4 Å². The molecular formula is C11H14INO. The van der Waals surface area contributed by atoms with Crippen LogP contribution in [0.3, 0.4) is 0 Å². The Morgan fingerprint density at radius 3 is 3.00 bits per heavy atom. The Morgan fingerprint density at radius 1 is 1.43 bits per heavy atom. The molecule has 14 heavy (non-hydrogen) atoms. The lowest BCUT2D eigenvalue weighted by Crippen LogP contribution is -2.15. The second-order valence-electron chi connectivity index (χ2n) is 3.60. The number of para-hydroxylation sites is 1. The summed E-state index contributed by atoms with van der Waals surface area (Å²) in [6.45, 7) is 3.08. The summed E-state index contributed by atoms with van der Waals surface area (Å²) in [4.78, 5) is 0. The molecule has 1 aliphatic rings. The van der Waals surface area contributed by atoms with Crippen LogP contribution < -0.4 is 10.1 Å². The normalized spacial score (nSPS) is 21.1. The van der Waals surface area contributed by atoms with Gasteiger partial charge in [0.1, 0.15) is 5.75 Å². The summed E-state index contributed by atoms with van der Waals surface area (Å²) >= 11 is 2.31. The van der Waals surface area contributed by atoms with Crippen molar-refractivity contribution in [2.24, 2.45) is 5.92 Å². The van der Waals surface area contributed by atoms with Gasteiger partial charge in [-0.3, -0.25) is 0 Å². The van der Waals surface area contributed by atoms with E-state index in [4.69, 9.17) is 4.74 Å². The molecule has 0 amide bonds. The minimum atomic E-state index is 0.686. The maximum atomic E-state index is 5.77. The van der Waals surface area contributed by atoms with Gasteiger partial charge in [-0.05, 0) is 47.7 Å². The van der Waals surface area contributed by atoms with E-state index in [-0.39, 0.29) is 0 Å². The third-order valence-electron chi connectivity index (χ3n) is 2.47. The number of ether oxygens (including phenoxy) is 1. The minimum Gasteiger partial charge on any atom is -0.492 e. The highest BCUT2D eigenvalue weighted by Crippen LogP contribution is 2.21. The van der Waals surface area contributed by atoms with E-state index in [0.29, 0.717) is 5.92 Å². The van der Waals surface area contributed by atoms with E-state index in [1.807, 2.05) is 18.2 Å². The van der Waals surface area contributed by atoms with Gasteiger partial charge in [0, 0.05) is 12.5 Å². The van der Waals surface area contributed by atoms with Gasteiger partial charge in [0.05, 0.1) is 10.2 Å². The van der Waals surface area contributed by atoms with Crippen LogP contribution in [0.4, 0.5) is 0 Å². The first-order valence-electron chi connectivity index (χ1n) is 4.94. The van der Waals surface area contributed by atoms with Crippen LogP contribution >= 0.6 is 22.6 Å². The quantitative estimate of drug-likeness (QED) is 0.865. The third kappa shape index (κ3) is 2.60. The van der Waals surface area contributed by atoms with Gasteiger partial charge in [0.25, 0.3) is 0 Å². The van der Waals surface area contributed by atoms with Gasteiger partial charge in [-0.25, -0.2) is 0 Å². The Balaban J connectivity index is 1.88. The summed E-state index contributed by atoms with van der Waals surface area (Å²) in [6, 6.07) is 8.16. The molecule has 2 rings (SSSR count). The fourth-order valence-electron chi connectivity index (χ4n) is 1.63. The second kappa shape index (κ2) is 4.98. The predicted octanol–water partition coefficient (Wildman–Crippen LogP) is 2.28. The van der Waals surface area contributed by atoms with E-state index in [1.165, 1.54) is 9.99 Å². The van der Waals surface area contributed by atoms with Gasteiger partial charge in [0.2, 0.25) is 0 Å². The van der Waals surface area contributed by atoms with Crippen LogP contribution in [-0.4, -0.2) is 19.7 Å². The molecule has 76 valence electrons. The summed E-state index contributed by atoms with van der Waals surface area (Å²) in [7, 11) is 0.